The van der Waals surface area contributed by atoms with E-state index in [1.165, 1.54) is 16.2 Å². The Kier molecular flexibility index (Phi) is 4.83. The predicted octanol–water partition coefficient (Wildman–Crippen LogP) is 4.29. The molecule has 0 fully saturated rings. The van der Waals surface area contributed by atoms with Crippen LogP contribution in [0.5, 0.6) is 5.75 Å². The standard InChI is InChI=1S/C21H19N3O3S/c1-2-3-12-24(21-23-15-10-6-7-11-16(15)28-21)20(27)17-18(25)13-8-4-5-9-14(13)22-19(17)26/h4-11H,2-3,12H2,1H3,(H2,22,25,26). The number of H-pyrrole nitrogens is 1. The maximum absolute atomic E-state index is 13.3. The zero-order valence-corrected chi connectivity index (χ0v) is 16.1. The van der Waals surface area contributed by atoms with Gasteiger partial charge in [-0.3, -0.25) is 14.5 Å². The number of aromatic nitrogens is 2. The number of aromatic amines is 1. The zero-order chi connectivity index (χ0) is 19.7. The summed E-state index contributed by atoms with van der Waals surface area (Å²) >= 11 is 1.39. The number of amides is 1. The highest BCUT2D eigenvalue weighted by Crippen LogP contribution is 2.31. The molecule has 6 nitrogen and oxygen atoms in total. The quantitative estimate of drug-likeness (QED) is 0.530. The van der Waals surface area contributed by atoms with Crippen LogP contribution in [0.25, 0.3) is 21.1 Å². The summed E-state index contributed by atoms with van der Waals surface area (Å²) in [4.78, 5) is 34.7. The zero-order valence-electron chi connectivity index (χ0n) is 15.3. The van der Waals surface area contributed by atoms with Gasteiger partial charge in [-0.1, -0.05) is 48.9 Å². The first-order valence-electron chi connectivity index (χ1n) is 9.11. The summed E-state index contributed by atoms with van der Waals surface area (Å²) in [5, 5.41) is 11.6. The average molecular weight is 393 g/mol. The van der Waals surface area contributed by atoms with Crippen molar-refractivity contribution in [1.82, 2.24) is 9.97 Å². The van der Waals surface area contributed by atoms with Gasteiger partial charge in [-0.2, -0.15) is 0 Å². The Bertz CT molecular complexity index is 1200. The van der Waals surface area contributed by atoms with Crippen molar-refractivity contribution in [3.05, 3.63) is 64.4 Å². The molecule has 2 aromatic carbocycles. The van der Waals surface area contributed by atoms with Gasteiger partial charge in [0, 0.05) is 11.9 Å². The highest BCUT2D eigenvalue weighted by molar-refractivity contribution is 7.22. The molecule has 4 aromatic rings. The van der Waals surface area contributed by atoms with Gasteiger partial charge >= 0.3 is 0 Å². The van der Waals surface area contributed by atoms with E-state index in [1.54, 1.807) is 24.3 Å². The Hall–Kier alpha value is -3.19. The van der Waals surface area contributed by atoms with Crippen LogP contribution in [0.15, 0.2) is 53.3 Å². The van der Waals surface area contributed by atoms with Crippen molar-refractivity contribution in [1.29, 1.82) is 0 Å². The molecule has 28 heavy (non-hydrogen) atoms. The number of unbranched alkanes of at least 4 members (excludes halogenated alkanes) is 1. The first kappa shape index (κ1) is 18.2. The second kappa shape index (κ2) is 7.44. The third-order valence-electron chi connectivity index (χ3n) is 4.60. The lowest BCUT2D eigenvalue weighted by molar-refractivity contribution is 0.0982. The second-order valence-corrected chi connectivity index (χ2v) is 7.51. The molecule has 142 valence electrons. The van der Waals surface area contributed by atoms with E-state index in [0.29, 0.717) is 22.6 Å². The van der Waals surface area contributed by atoms with Crippen molar-refractivity contribution >= 4 is 43.5 Å². The molecule has 2 N–H and O–H groups in total. The minimum absolute atomic E-state index is 0.256. The molecule has 0 saturated heterocycles. The molecule has 2 heterocycles. The molecule has 0 aliphatic carbocycles. The lowest BCUT2D eigenvalue weighted by atomic mass is 10.1. The lowest BCUT2D eigenvalue weighted by Gasteiger charge is -2.20. The lowest BCUT2D eigenvalue weighted by Crippen LogP contribution is -2.35. The molecule has 7 heteroatoms. The highest BCUT2D eigenvalue weighted by Gasteiger charge is 2.27. The second-order valence-electron chi connectivity index (χ2n) is 6.50. The molecule has 0 aliphatic heterocycles. The molecule has 0 radical (unpaired) electrons. The van der Waals surface area contributed by atoms with Gasteiger partial charge in [-0.25, -0.2) is 4.98 Å². The number of hydrogen-bond donors (Lipinski definition) is 2. The van der Waals surface area contributed by atoms with Gasteiger partial charge in [-0.15, -0.1) is 0 Å². The van der Waals surface area contributed by atoms with Crippen LogP contribution in [-0.4, -0.2) is 27.5 Å². The Labute approximate surface area is 165 Å². The van der Waals surface area contributed by atoms with Crippen LogP contribution in [0, 0.1) is 0 Å². The van der Waals surface area contributed by atoms with Gasteiger partial charge in [-0.05, 0) is 30.7 Å². The van der Waals surface area contributed by atoms with Gasteiger partial charge in [0.2, 0.25) is 0 Å². The molecular weight excluding hydrogens is 374 g/mol. The van der Waals surface area contributed by atoms with E-state index in [2.05, 4.69) is 9.97 Å². The van der Waals surface area contributed by atoms with Crippen molar-refractivity contribution in [2.24, 2.45) is 0 Å². The van der Waals surface area contributed by atoms with Crippen LogP contribution in [0.1, 0.15) is 30.1 Å². The van der Waals surface area contributed by atoms with E-state index < -0.39 is 11.5 Å². The van der Waals surface area contributed by atoms with Crippen LogP contribution < -0.4 is 10.5 Å². The summed E-state index contributed by atoms with van der Waals surface area (Å²) in [5.41, 5.74) is 0.424. The Morgan fingerprint density at radius 3 is 2.71 bits per heavy atom. The molecule has 2 aromatic heterocycles. The minimum Gasteiger partial charge on any atom is -0.506 e. The molecule has 1 amide bonds. The van der Waals surface area contributed by atoms with Crippen LogP contribution in [-0.2, 0) is 0 Å². The molecule has 0 aliphatic rings. The molecule has 0 saturated carbocycles. The SMILES string of the molecule is CCCCN(C(=O)c1c(O)c2ccccc2[nH]c1=O)c1nc2ccccc2s1. The molecule has 0 spiro atoms. The van der Waals surface area contributed by atoms with Crippen molar-refractivity contribution in [2.45, 2.75) is 19.8 Å². The number of rotatable bonds is 5. The Morgan fingerprint density at radius 1 is 1.18 bits per heavy atom. The van der Waals surface area contributed by atoms with E-state index in [1.807, 2.05) is 31.2 Å². The highest BCUT2D eigenvalue weighted by atomic mass is 32.1. The van der Waals surface area contributed by atoms with Crippen LogP contribution in [0.4, 0.5) is 5.13 Å². The number of carbonyl (C=O) groups is 1. The van der Waals surface area contributed by atoms with Crippen LogP contribution in [0.3, 0.4) is 0 Å². The van der Waals surface area contributed by atoms with E-state index in [4.69, 9.17) is 0 Å². The normalized spacial score (nSPS) is 11.2. The summed E-state index contributed by atoms with van der Waals surface area (Å²) in [6.07, 6.45) is 1.64. The number of pyridine rings is 1. The summed E-state index contributed by atoms with van der Waals surface area (Å²) < 4.78 is 0.962. The van der Waals surface area contributed by atoms with Crippen LogP contribution in [0.2, 0.25) is 0 Å². The topological polar surface area (TPSA) is 86.3 Å². The third kappa shape index (κ3) is 3.14. The number of carbonyl (C=O) groups excluding carboxylic acids is 1. The monoisotopic (exact) mass is 393 g/mol. The number of anilines is 1. The van der Waals surface area contributed by atoms with E-state index >= 15 is 0 Å². The third-order valence-corrected chi connectivity index (χ3v) is 5.66. The summed E-state index contributed by atoms with van der Waals surface area (Å²) in [7, 11) is 0. The van der Waals surface area contributed by atoms with E-state index in [-0.39, 0.29) is 11.3 Å². The smallest absolute Gasteiger partial charge is 0.269 e. The maximum Gasteiger partial charge on any atom is 0.269 e. The van der Waals surface area contributed by atoms with Gasteiger partial charge in [0.25, 0.3) is 11.5 Å². The fraction of sp³-hybridized carbons (Fsp3) is 0.190. The van der Waals surface area contributed by atoms with Crippen molar-refractivity contribution in [3.63, 3.8) is 0 Å². The fourth-order valence-corrected chi connectivity index (χ4v) is 4.12. The average Bonchev–Trinajstić information content (AvgIpc) is 3.12. The first-order chi connectivity index (χ1) is 13.6. The number of nitrogens with one attached hydrogen (secondary N) is 1. The van der Waals surface area contributed by atoms with Gasteiger partial charge < -0.3 is 10.1 Å². The van der Waals surface area contributed by atoms with Crippen LogP contribution >= 0.6 is 11.3 Å². The van der Waals surface area contributed by atoms with E-state index in [0.717, 1.165) is 23.1 Å². The Morgan fingerprint density at radius 2 is 1.93 bits per heavy atom. The Balaban J connectivity index is 1.84. The number of benzene rings is 2. The number of para-hydroxylation sites is 2. The fourth-order valence-electron chi connectivity index (χ4n) is 3.13. The van der Waals surface area contributed by atoms with E-state index in [9.17, 15) is 14.7 Å². The number of hydrogen-bond acceptors (Lipinski definition) is 5. The molecular formula is C21H19N3O3S. The largest absolute Gasteiger partial charge is 0.506 e. The van der Waals surface area contributed by atoms with Gasteiger partial charge in [0.1, 0.15) is 11.3 Å². The first-order valence-corrected chi connectivity index (χ1v) is 9.93. The summed E-state index contributed by atoms with van der Waals surface area (Å²) in [6, 6.07) is 14.5. The molecule has 0 bridgehead atoms. The number of nitrogens with zero attached hydrogens (tertiary/aromatic N) is 2. The van der Waals surface area contributed by atoms with Crippen molar-refractivity contribution in [3.8, 4) is 5.75 Å². The molecule has 0 unspecified atom stereocenters. The van der Waals surface area contributed by atoms with Gasteiger partial charge in [0.05, 0.1) is 15.7 Å². The molecule has 0 atom stereocenters. The van der Waals surface area contributed by atoms with Crippen molar-refractivity contribution < 1.29 is 9.90 Å². The van der Waals surface area contributed by atoms with Crippen molar-refractivity contribution in [2.75, 3.05) is 11.4 Å². The molecule has 4 rings (SSSR count). The summed E-state index contributed by atoms with van der Waals surface area (Å²) in [6.45, 7) is 2.45. The minimum atomic E-state index is -0.608. The number of thiazole rings is 1. The summed E-state index contributed by atoms with van der Waals surface area (Å²) in [5.74, 6) is -0.844. The number of fused-ring (bicyclic) bond motifs is 2. The number of aromatic hydroxyl groups is 1. The van der Waals surface area contributed by atoms with Gasteiger partial charge in [0.15, 0.2) is 5.13 Å². The predicted molar refractivity (Wildman–Crippen MR) is 112 cm³/mol. The maximum atomic E-state index is 13.3.